The molecule has 15 heavy (non-hydrogen) atoms. The van der Waals surface area contributed by atoms with Crippen LogP contribution in [0.15, 0.2) is 0 Å². The second-order valence-electron chi connectivity index (χ2n) is 4.21. The van der Waals surface area contributed by atoms with Crippen LogP contribution in [0.1, 0.15) is 33.6 Å². The highest BCUT2D eigenvalue weighted by Crippen LogP contribution is 2.13. The van der Waals surface area contributed by atoms with Crippen LogP contribution in [0.25, 0.3) is 0 Å². The molecule has 86 valence electrons. The summed E-state index contributed by atoms with van der Waals surface area (Å²) in [4.78, 5) is 32.2. The summed E-state index contributed by atoms with van der Waals surface area (Å²) in [7, 11) is 0. The Morgan fingerprint density at radius 3 is 2.27 bits per heavy atom. The summed E-state index contributed by atoms with van der Waals surface area (Å²) in [6.07, 6.45) is 0.188. The van der Waals surface area contributed by atoms with Crippen molar-refractivity contribution in [3.8, 4) is 0 Å². The standard InChI is InChI=1S/C10H16O5/c1-10(2,3)15-9(14)7(6-11)4-5-8(12)13/h6-7H,4-5H2,1-3H3,(H,12,13). The summed E-state index contributed by atoms with van der Waals surface area (Å²) in [5.74, 6) is -2.69. The van der Waals surface area contributed by atoms with Gasteiger partial charge in [0.1, 0.15) is 17.8 Å². The van der Waals surface area contributed by atoms with E-state index in [4.69, 9.17) is 9.84 Å². The zero-order chi connectivity index (χ0) is 12.1. The van der Waals surface area contributed by atoms with Crippen molar-refractivity contribution in [3.63, 3.8) is 0 Å². The molecule has 1 unspecified atom stereocenters. The lowest BCUT2D eigenvalue weighted by Gasteiger charge is -2.21. The van der Waals surface area contributed by atoms with Gasteiger partial charge in [-0.2, -0.15) is 0 Å². The molecule has 1 N–H and O–H groups in total. The van der Waals surface area contributed by atoms with Crippen LogP contribution < -0.4 is 0 Å². The first-order valence-corrected chi connectivity index (χ1v) is 4.66. The van der Waals surface area contributed by atoms with E-state index in [1.165, 1.54) is 0 Å². The number of carboxylic acids is 1. The van der Waals surface area contributed by atoms with E-state index in [-0.39, 0.29) is 12.8 Å². The Morgan fingerprint density at radius 1 is 1.40 bits per heavy atom. The van der Waals surface area contributed by atoms with Gasteiger partial charge in [0.05, 0.1) is 0 Å². The number of esters is 1. The van der Waals surface area contributed by atoms with Gasteiger partial charge in [-0.05, 0) is 27.2 Å². The van der Waals surface area contributed by atoms with Gasteiger partial charge in [-0.1, -0.05) is 0 Å². The minimum absolute atomic E-state index is 0.0201. The predicted molar refractivity (Wildman–Crippen MR) is 52.3 cm³/mol. The van der Waals surface area contributed by atoms with E-state index in [0.717, 1.165) is 0 Å². The molecular formula is C10H16O5. The number of hydrogen-bond acceptors (Lipinski definition) is 4. The Labute approximate surface area is 88.4 Å². The third-order valence-corrected chi connectivity index (χ3v) is 1.54. The van der Waals surface area contributed by atoms with Crippen LogP contribution in [-0.4, -0.2) is 28.9 Å². The summed E-state index contributed by atoms with van der Waals surface area (Å²) < 4.78 is 4.96. The molecule has 0 fully saturated rings. The zero-order valence-corrected chi connectivity index (χ0v) is 9.15. The highest BCUT2D eigenvalue weighted by atomic mass is 16.6. The van der Waals surface area contributed by atoms with Crippen LogP contribution in [-0.2, 0) is 19.1 Å². The molecule has 0 bridgehead atoms. The summed E-state index contributed by atoms with van der Waals surface area (Å²) in [6, 6.07) is 0. The number of carbonyl (C=O) groups excluding carboxylic acids is 2. The van der Waals surface area contributed by atoms with Crippen molar-refractivity contribution in [3.05, 3.63) is 0 Å². The zero-order valence-electron chi connectivity index (χ0n) is 9.15. The fraction of sp³-hybridized carbons (Fsp3) is 0.700. The van der Waals surface area contributed by atoms with Gasteiger partial charge in [-0.25, -0.2) is 0 Å². The summed E-state index contributed by atoms with van der Waals surface area (Å²) in [5, 5.41) is 8.40. The van der Waals surface area contributed by atoms with Crippen LogP contribution in [0, 0.1) is 5.92 Å². The molecule has 1 atom stereocenters. The summed E-state index contributed by atoms with van der Waals surface area (Å²) in [5.41, 5.74) is -0.665. The van der Waals surface area contributed by atoms with Crippen molar-refractivity contribution < 1.29 is 24.2 Å². The first-order valence-electron chi connectivity index (χ1n) is 4.66. The van der Waals surface area contributed by atoms with Crippen LogP contribution in [0.2, 0.25) is 0 Å². The molecule has 0 aromatic rings. The van der Waals surface area contributed by atoms with Gasteiger partial charge >= 0.3 is 11.9 Å². The van der Waals surface area contributed by atoms with Crippen LogP contribution >= 0.6 is 0 Å². The lowest BCUT2D eigenvalue weighted by Crippen LogP contribution is -2.29. The van der Waals surface area contributed by atoms with Gasteiger partial charge in [0.25, 0.3) is 0 Å². The predicted octanol–water partition coefficient (Wildman–Crippen LogP) is 1.01. The number of carbonyl (C=O) groups is 3. The number of aldehydes is 1. The quantitative estimate of drug-likeness (QED) is 0.421. The van der Waals surface area contributed by atoms with Crippen molar-refractivity contribution in [2.75, 3.05) is 0 Å². The molecule has 0 amide bonds. The molecule has 0 aromatic heterocycles. The Balaban J connectivity index is 4.23. The van der Waals surface area contributed by atoms with E-state index >= 15 is 0 Å². The van der Waals surface area contributed by atoms with Crippen LogP contribution in [0.4, 0.5) is 0 Å². The third-order valence-electron chi connectivity index (χ3n) is 1.54. The van der Waals surface area contributed by atoms with E-state index < -0.39 is 23.5 Å². The van der Waals surface area contributed by atoms with Gasteiger partial charge in [-0.15, -0.1) is 0 Å². The lowest BCUT2D eigenvalue weighted by molar-refractivity contribution is -0.160. The van der Waals surface area contributed by atoms with E-state index in [0.29, 0.717) is 6.29 Å². The van der Waals surface area contributed by atoms with E-state index in [2.05, 4.69) is 0 Å². The molecule has 0 saturated heterocycles. The lowest BCUT2D eigenvalue weighted by atomic mass is 10.0. The maximum Gasteiger partial charge on any atom is 0.316 e. The molecule has 0 radical (unpaired) electrons. The number of rotatable bonds is 5. The van der Waals surface area contributed by atoms with Gasteiger partial charge < -0.3 is 14.6 Å². The van der Waals surface area contributed by atoms with Gasteiger partial charge in [0.2, 0.25) is 0 Å². The highest BCUT2D eigenvalue weighted by molar-refractivity contribution is 5.88. The number of ether oxygens (including phenoxy) is 1. The van der Waals surface area contributed by atoms with Crippen LogP contribution in [0.5, 0.6) is 0 Å². The van der Waals surface area contributed by atoms with Gasteiger partial charge in [0, 0.05) is 6.42 Å². The van der Waals surface area contributed by atoms with Crippen molar-refractivity contribution in [1.29, 1.82) is 0 Å². The molecule has 5 heteroatoms. The Hall–Kier alpha value is -1.39. The van der Waals surface area contributed by atoms with Gasteiger partial charge in [-0.3, -0.25) is 9.59 Å². The van der Waals surface area contributed by atoms with E-state index in [1.54, 1.807) is 20.8 Å². The van der Waals surface area contributed by atoms with E-state index in [1.807, 2.05) is 0 Å². The minimum atomic E-state index is -1.04. The van der Waals surface area contributed by atoms with Crippen molar-refractivity contribution in [2.24, 2.45) is 5.92 Å². The maximum atomic E-state index is 11.4. The van der Waals surface area contributed by atoms with E-state index in [9.17, 15) is 14.4 Å². The fourth-order valence-corrected chi connectivity index (χ4v) is 0.898. The summed E-state index contributed by atoms with van der Waals surface area (Å²) in [6.45, 7) is 5.05. The Bertz CT molecular complexity index is 251. The molecule has 5 nitrogen and oxygen atoms in total. The Morgan fingerprint density at radius 2 is 1.93 bits per heavy atom. The molecule has 0 saturated carbocycles. The van der Waals surface area contributed by atoms with Crippen LogP contribution in [0.3, 0.4) is 0 Å². The highest BCUT2D eigenvalue weighted by Gasteiger charge is 2.25. The SMILES string of the molecule is CC(C)(C)OC(=O)C(C=O)CCC(=O)O. The molecule has 0 rings (SSSR count). The largest absolute Gasteiger partial charge is 0.481 e. The average molecular weight is 216 g/mol. The second kappa shape index (κ2) is 5.48. The monoisotopic (exact) mass is 216 g/mol. The smallest absolute Gasteiger partial charge is 0.316 e. The molecular weight excluding hydrogens is 200 g/mol. The normalized spacial score (nSPS) is 13.0. The fourth-order valence-electron chi connectivity index (χ4n) is 0.898. The maximum absolute atomic E-state index is 11.4. The van der Waals surface area contributed by atoms with Crippen molar-refractivity contribution in [2.45, 2.75) is 39.2 Å². The van der Waals surface area contributed by atoms with Crippen molar-refractivity contribution >= 4 is 18.2 Å². The number of aliphatic carboxylic acids is 1. The van der Waals surface area contributed by atoms with Crippen molar-refractivity contribution in [1.82, 2.24) is 0 Å². The average Bonchev–Trinajstić information content (AvgIpc) is 2.01. The molecule has 0 spiro atoms. The second-order valence-corrected chi connectivity index (χ2v) is 4.21. The van der Waals surface area contributed by atoms with Gasteiger partial charge in [0.15, 0.2) is 0 Å². The molecule has 0 aliphatic carbocycles. The first-order chi connectivity index (χ1) is 6.76. The molecule has 0 aliphatic rings. The summed E-state index contributed by atoms with van der Waals surface area (Å²) >= 11 is 0. The number of carboxylic acid groups (broad SMARTS) is 1. The molecule has 0 heterocycles. The topological polar surface area (TPSA) is 80.7 Å². The first kappa shape index (κ1) is 13.6. The molecule has 0 aliphatic heterocycles. The third kappa shape index (κ3) is 6.65. The minimum Gasteiger partial charge on any atom is -0.481 e. The number of hydrogen-bond donors (Lipinski definition) is 1. The molecule has 0 aromatic carbocycles. The Kier molecular flexibility index (Phi) is 4.97.